The van der Waals surface area contributed by atoms with Gasteiger partial charge in [-0.1, -0.05) is 35.9 Å². The summed E-state index contributed by atoms with van der Waals surface area (Å²) in [5, 5.41) is 8.32. The molecule has 3 rings (SSSR count). The zero-order valence-electron chi connectivity index (χ0n) is 14.9. The summed E-state index contributed by atoms with van der Waals surface area (Å²) in [6, 6.07) is 16.1. The van der Waals surface area contributed by atoms with Gasteiger partial charge in [-0.15, -0.1) is 0 Å². The van der Waals surface area contributed by atoms with Crippen molar-refractivity contribution in [2.24, 2.45) is 5.14 Å². The van der Waals surface area contributed by atoms with Crippen molar-refractivity contribution in [3.05, 3.63) is 83.1 Å². The lowest BCUT2D eigenvalue weighted by molar-refractivity contribution is -0.115. The van der Waals surface area contributed by atoms with Gasteiger partial charge in [0.2, 0.25) is 15.9 Å². The minimum absolute atomic E-state index is 0.00588. The van der Waals surface area contributed by atoms with E-state index in [0.717, 1.165) is 6.07 Å². The Labute approximate surface area is 172 Å². The summed E-state index contributed by atoms with van der Waals surface area (Å²) >= 11 is 6.05. The van der Waals surface area contributed by atoms with Crippen LogP contribution in [0.1, 0.15) is 5.56 Å². The number of carbonyl (C=O) groups is 1. The highest BCUT2D eigenvalue weighted by atomic mass is 35.5. The molecule has 0 radical (unpaired) electrons. The van der Waals surface area contributed by atoms with Gasteiger partial charge in [-0.25, -0.2) is 17.9 Å². The standard InChI is InChI=1S/C20H16ClFN2O4S/c21-17-7-2-1-4-13(17)10-20(25)24-15-8-9-18(19(12-15)29(23,26)27)28-16-6-3-5-14(22)11-16/h1-9,11-12H,10H2,(H,24,25)(H2,23,26,27). The molecule has 3 N–H and O–H groups in total. The van der Waals surface area contributed by atoms with Crippen LogP contribution in [0, 0.1) is 5.82 Å². The Morgan fingerprint density at radius 2 is 1.83 bits per heavy atom. The average molecular weight is 435 g/mol. The number of halogens is 2. The first-order valence-electron chi connectivity index (χ1n) is 8.36. The predicted molar refractivity (Wildman–Crippen MR) is 108 cm³/mol. The van der Waals surface area contributed by atoms with Gasteiger partial charge >= 0.3 is 0 Å². The highest BCUT2D eigenvalue weighted by Crippen LogP contribution is 2.31. The number of nitrogens with two attached hydrogens (primary N) is 1. The molecule has 29 heavy (non-hydrogen) atoms. The molecule has 0 unspecified atom stereocenters. The first-order valence-corrected chi connectivity index (χ1v) is 10.3. The van der Waals surface area contributed by atoms with E-state index in [-0.39, 0.29) is 28.5 Å². The number of carbonyl (C=O) groups excluding carboxylic acids is 1. The molecule has 0 aliphatic carbocycles. The second-order valence-electron chi connectivity index (χ2n) is 6.08. The fourth-order valence-corrected chi connectivity index (χ4v) is 3.45. The molecule has 0 fully saturated rings. The normalized spacial score (nSPS) is 11.1. The molecule has 0 bridgehead atoms. The van der Waals surface area contributed by atoms with Gasteiger partial charge in [-0.2, -0.15) is 0 Å². The van der Waals surface area contributed by atoms with E-state index in [1.807, 2.05) is 0 Å². The molecule has 0 saturated carbocycles. The molecular formula is C20H16ClFN2O4S. The van der Waals surface area contributed by atoms with Crippen LogP contribution in [0.2, 0.25) is 5.02 Å². The predicted octanol–water partition coefficient (Wildman–Crippen LogP) is 4.10. The topological polar surface area (TPSA) is 98.5 Å². The van der Waals surface area contributed by atoms with E-state index in [4.69, 9.17) is 21.5 Å². The summed E-state index contributed by atoms with van der Waals surface area (Å²) < 4.78 is 42.8. The van der Waals surface area contributed by atoms with E-state index in [1.165, 1.54) is 36.4 Å². The van der Waals surface area contributed by atoms with Crippen LogP contribution in [0.25, 0.3) is 0 Å². The number of hydrogen-bond acceptors (Lipinski definition) is 4. The van der Waals surface area contributed by atoms with Gasteiger partial charge in [0.15, 0.2) is 0 Å². The molecule has 0 heterocycles. The number of hydrogen-bond donors (Lipinski definition) is 2. The minimum Gasteiger partial charge on any atom is -0.456 e. The molecule has 3 aromatic carbocycles. The Balaban J connectivity index is 1.84. The van der Waals surface area contributed by atoms with Crippen LogP contribution < -0.4 is 15.2 Å². The second-order valence-corrected chi connectivity index (χ2v) is 8.02. The van der Waals surface area contributed by atoms with Crippen LogP contribution in [0.4, 0.5) is 10.1 Å². The number of rotatable bonds is 6. The minimum atomic E-state index is -4.18. The zero-order valence-corrected chi connectivity index (χ0v) is 16.5. The van der Waals surface area contributed by atoms with E-state index in [0.29, 0.717) is 10.6 Å². The van der Waals surface area contributed by atoms with Gasteiger partial charge in [-0.05, 0) is 42.0 Å². The Bertz CT molecular complexity index is 1170. The molecule has 0 aliphatic heterocycles. The largest absolute Gasteiger partial charge is 0.456 e. The van der Waals surface area contributed by atoms with Crippen molar-refractivity contribution in [2.45, 2.75) is 11.3 Å². The molecule has 6 nitrogen and oxygen atoms in total. The number of nitrogens with one attached hydrogen (secondary N) is 1. The van der Waals surface area contributed by atoms with Crippen LogP contribution in [-0.2, 0) is 21.2 Å². The van der Waals surface area contributed by atoms with Crippen LogP contribution in [-0.4, -0.2) is 14.3 Å². The number of sulfonamides is 1. The van der Waals surface area contributed by atoms with Gasteiger partial charge in [0, 0.05) is 16.8 Å². The molecule has 1 amide bonds. The van der Waals surface area contributed by atoms with Gasteiger partial charge < -0.3 is 10.1 Å². The maximum absolute atomic E-state index is 13.3. The second kappa shape index (κ2) is 8.60. The highest BCUT2D eigenvalue weighted by molar-refractivity contribution is 7.89. The molecule has 0 saturated heterocycles. The molecule has 9 heteroatoms. The lowest BCUT2D eigenvalue weighted by Gasteiger charge is -2.13. The summed E-state index contributed by atoms with van der Waals surface area (Å²) in [4.78, 5) is 11.9. The third-order valence-electron chi connectivity index (χ3n) is 3.87. The number of amides is 1. The van der Waals surface area contributed by atoms with Crippen LogP contribution >= 0.6 is 11.6 Å². The van der Waals surface area contributed by atoms with Crippen LogP contribution in [0.15, 0.2) is 71.6 Å². The van der Waals surface area contributed by atoms with Gasteiger partial charge in [0.25, 0.3) is 0 Å². The molecule has 0 aliphatic rings. The van der Waals surface area contributed by atoms with Crippen molar-refractivity contribution in [1.82, 2.24) is 0 Å². The van der Waals surface area contributed by atoms with E-state index in [1.54, 1.807) is 24.3 Å². The fraction of sp³-hybridized carbons (Fsp3) is 0.0500. The van der Waals surface area contributed by atoms with E-state index in [2.05, 4.69) is 5.32 Å². The highest BCUT2D eigenvalue weighted by Gasteiger charge is 2.18. The Hall–Kier alpha value is -2.94. The van der Waals surface area contributed by atoms with Gasteiger partial charge in [0.1, 0.15) is 22.2 Å². The molecule has 150 valence electrons. The quantitative estimate of drug-likeness (QED) is 0.610. The lowest BCUT2D eigenvalue weighted by atomic mass is 10.1. The lowest BCUT2D eigenvalue weighted by Crippen LogP contribution is -2.17. The monoisotopic (exact) mass is 434 g/mol. The van der Waals surface area contributed by atoms with E-state index < -0.39 is 21.7 Å². The Morgan fingerprint density at radius 3 is 2.52 bits per heavy atom. The van der Waals surface area contributed by atoms with Gasteiger partial charge in [0.05, 0.1) is 6.42 Å². The summed E-state index contributed by atoms with van der Waals surface area (Å²) in [6.07, 6.45) is 0.00588. The SMILES string of the molecule is NS(=O)(=O)c1cc(NC(=O)Cc2ccccc2Cl)ccc1Oc1cccc(F)c1. The fourth-order valence-electron chi connectivity index (χ4n) is 2.57. The molecular weight excluding hydrogens is 419 g/mol. The maximum Gasteiger partial charge on any atom is 0.241 e. The molecule has 0 atom stereocenters. The van der Waals surface area contributed by atoms with Crippen molar-refractivity contribution in [2.75, 3.05) is 5.32 Å². The average Bonchev–Trinajstić information content (AvgIpc) is 2.64. The van der Waals surface area contributed by atoms with Crippen molar-refractivity contribution in [3.8, 4) is 11.5 Å². The third-order valence-corrected chi connectivity index (χ3v) is 5.17. The Kier molecular flexibility index (Phi) is 6.17. The van der Waals surface area contributed by atoms with E-state index in [9.17, 15) is 17.6 Å². The number of ether oxygens (including phenoxy) is 1. The first-order chi connectivity index (χ1) is 13.7. The Morgan fingerprint density at radius 1 is 1.07 bits per heavy atom. The van der Waals surface area contributed by atoms with Crippen molar-refractivity contribution >= 4 is 33.2 Å². The summed E-state index contributed by atoms with van der Waals surface area (Å²) in [5.74, 6) is -0.923. The zero-order chi connectivity index (χ0) is 21.0. The van der Waals surface area contributed by atoms with Crippen LogP contribution in [0.5, 0.6) is 11.5 Å². The maximum atomic E-state index is 13.3. The number of anilines is 1. The first kappa shape index (κ1) is 20.8. The smallest absolute Gasteiger partial charge is 0.241 e. The van der Waals surface area contributed by atoms with Crippen molar-refractivity contribution in [1.29, 1.82) is 0 Å². The van der Waals surface area contributed by atoms with Crippen molar-refractivity contribution in [3.63, 3.8) is 0 Å². The molecule has 0 spiro atoms. The summed E-state index contributed by atoms with van der Waals surface area (Å²) in [6.45, 7) is 0. The van der Waals surface area contributed by atoms with Gasteiger partial charge in [-0.3, -0.25) is 4.79 Å². The molecule has 3 aromatic rings. The van der Waals surface area contributed by atoms with E-state index >= 15 is 0 Å². The molecule has 0 aromatic heterocycles. The number of primary sulfonamides is 1. The third kappa shape index (κ3) is 5.54. The summed E-state index contributed by atoms with van der Waals surface area (Å²) in [7, 11) is -4.18. The number of benzene rings is 3. The van der Waals surface area contributed by atoms with Crippen LogP contribution in [0.3, 0.4) is 0 Å². The summed E-state index contributed by atoms with van der Waals surface area (Å²) in [5.41, 5.74) is 0.835. The van der Waals surface area contributed by atoms with Crippen molar-refractivity contribution < 1.29 is 22.3 Å².